The Hall–Kier alpha value is -5.44. The van der Waals surface area contributed by atoms with Gasteiger partial charge < -0.3 is 165 Å². The molecule has 0 aromatic heterocycles. The zero-order valence-corrected chi connectivity index (χ0v) is 58.5. The largest absolute Gasteiger partial charge is 0.480 e. The van der Waals surface area contributed by atoms with Crippen LogP contribution in [0.1, 0.15) is 65.2 Å². The van der Waals surface area contributed by atoms with Crippen LogP contribution in [0, 0.1) is 0 Å². The Bertz CT molecular complexity index is 2420. The number of carboxylic acids is 8. The molecule has 8 aliphatic rings. The molecule has 36 N–H and O–H groups in total. The Labute approximate surface area is 607 Å². The van der Waals surface area contributed by atoms with Gasteiger partial charge in [-0.05, 0) is 65.5 Å². The van der Waals surface area contributed by atoms with Crippen LogP contribution in [-0.2, 0) is 38.4 Å². The molecule has 0 saturated carbocycles. The van der Waals surface area contributed by atoms with Gasteiger partial charge in [0.05, 0.1) is 175 Å². The van der Waals surface area contributed by atoms with Gasteiger partial charge in [0.2, 0.25) is 0 Å². The van der Waals surface area contributed by atoms with E-state index in [4.69, 9.17) is 103 Å². The molecule has 0 aromatic carbocycles. The number of aliphatic hydroxyl groups is 20. The van der Waals surface area contributed by atoms with Gasteiger partial charge in [-0.25, -0.2) is 0 Å². The molecule has 0 amide bonds. The second-order valence-electron chi connectivity index (χ2n) is 26.5. The number of β-amino-alcohol motifs (C(OH)–C–C–N with tert-alkyl or cyclic N) is 2. The van der Waals surface area contributed by atoms with E-state index < -0.39 is 245 Å². The van der Waals surface area contributed by atoms with E-state index in [2.05, 4.69) is 21.3 Å². The van der Waals surface area contributed by atoms with Crippen molar-refractivity contribution in [3.63, 3.8) is 0 Å². The number of carboxylic acid groups (broad SMARTS) is 8. The lowest BCUT2D eigenvalue weighted by molar-refractivity contribution is -0.143. The van der Waals surface area contributed by atoms with Crippen molar-refractivity contribution in [3.8, 4) is 0 Å². The second kappa shape index (κ2) is 49.0. The normalized spacial score (nSPS) is 36.0. The summed E-state index contributed by atoms with van der Waals surface area (Å²) in [5.74, 6) is -8.59. The van der Waals surface area contributed by atoms with Crippen LogP contribution in [0.3, 0.4) is 0 Å². The van der Waals surface area contributed by atoms with E-state index in [-0.39, 0.29) is 51.5 Å². The zero-order valence-electron chi connectivity index (χ0n) is 58.5. The molecule has 8 fully saturated rings. The van der Waals surface area contributed by atoms with Crippen molar-refractivity contribution in [2.75, 3.05) is 92.0 Å². The number of aliphatic carboxylic acids is 8. The van der Waals surface area contributed by atoms with Crippen molar-refractivity contribution < 1.29 is 181 Å². The maximum atomic E-state index is 10.9. The first kappa shape index (κ1) is 98.6. The van der Waals surface area contributed by atoms with Crippen LogP contribution in [-0.4, -0.2) is 472 Å². The topological polar surface area (TPSA) is 816 Å². The smallest absolute Gasteiger partial charge is 0.323 e. The highest BCUT2D eigenvalue weighted by atomic mass is 16.4. The molecule has 0 bridgehead atoms. The van der Waals surface area contributed by atoms with Crippen molar-refractivity contribution in [1.82, 2.24) is 40.9 Å². The molecular weight excluding hydrogens is 1440 g/mol. The molecule has 0 spiro atoms. The molecule has 620 valence electrons. The van der Waals surface area contributed by atoms with E-state index in [9.17, 15) is 89.4 Å². The number of nitrogens with two attached hydrogens (primary N) is 2. The Balaban J connectivity index is 0.000000615. The zero-order chi connectivity index (χ0) is 81.5. The Morgan fingerprint density at radius 3 is 0.660 bits per heavy atom. The van der Waals surface area contributed by atoms with Crippen molar-refractivity contribution in [2.45, 2.75) is 235 Å². The summed E-state index contributed by atoms with van der Waals surface area (Å²) in [6, 6.07) is -9.22. The fourth-order valence-electron chi connectivity index (χ4n) is 13.0. The predicted molar refractivity (Wildman–Crippen MR) is 356 cm³/mol. The third-order valence-corrected chi connectivity index (χ3v) is 18.7. The summed E-state index contributed by atoms with van der Waals surface area (Å²) in [6.45, 7) is 1.10. The number of hydrogen-bond acceptors (Lipinski definition) is 38. The van der Waals surface area contributed by atoms with Gasteiger partial charge in [0.1, 0.15) is 36.4 Å². The summed E-state index contributed by atoms with van der Waals surface area (Å²) in [5.41, 5.74) is 11.3. The molecule has 46 heteroatoms. The van der Waals surface area contributed by atoms with Crippen LogP contribution in [0.4, 0.5) is 0 Å². The van der Waals surface area contributed by atoms with Gasteiger partial charge in [-0.15, -0.1) is 0 Å². The van der Waals surface area contributed by atoms with Crippen LogP contribution in [0.5, 0.6) is 0 Å². The highest BCUT2D eigenvalue weighted by molar-refractivity contribution is 5.76. The maximum Gasteiger partial charge on any atom is 0.323 e. The summed E-state index contributed by atoms with van der Waals surface area (Å²) in [5, 5.41) is 264. The highest BCUT2D eigenvalue weighted by Crippen LogP contribution is 2.31. The number of nitrogens with zero attached hydrogens (tertiary/aromatic N) is 4. The SMILES string of the molecule is CC(N)CCCC1C(O)C(O)C(CO)N1CC(=O)O.CC(N)CCC[C@@H]1[C@@H](O)[C@H](O)[C@@H](CO)N1CC(=O)O.O=C(O)C1NCC(O)C1O.O=C(O)C1NCCC1O.O=C(O)CN1C(CO)C(O)[C@@H](O)C1CO.O=C(O)CN1[C@H](CO)[C@@H](O)[C@H](O)[C@H]1CO.O=C(O)[C@H]1NCC[C@@H]1O.O=C(O)[C@H]1NC[C@@H](O)[C@@H]1O. The number of carbonyl (C=O) groups is 8. The third kappa shape index (κ3) is 30.1. The highest BCUT2D eigenvalue weighted by Gasteiger charge is 2.51. The first-order chi connectivity index (χ1) is 49.5. The van der Waals surface area contributed by atoms with Crippen molar-refractivity contribution in [2.24, 2.45) is 11.5 Å². The van der Waals surface area contributed by atoms with Gasteiger partial charge in [-0.2, -0.15) is 0 Å². The van der Waals surface area contributed by atoms with E-state index in [1.807, 2.05) is 13.8 Å². The Morgan fingerprint density at radius 2 is 0.528 bits per heavy atom. The predicted octanol–water partition coefficient (Wildman–Crippen LogP) is -16.5. The minimum atomic E-state index is -1.24. The number of likely N-dealkylation sites (tertiary alicyclic amines) is 4. The molecule has 8 aliphatic heterocycles. The number of aliphatic hydroxyl groups excluding tert-OH is 20. The van der Waals surface area contributed by atoms with Gasteiger partial charge >= 0.3 is 47.8 Å². The standard InChI is InChI=1S/2C12H24N2O5.2C8H15NO6.2C5H9NO4.2C5H9NO3/c2*1-7(13)3-2-4-8-11(18)12(19)9(6-15)14(8)5-10(16)17;2*10-2-4-7(14)8(15)5(3-11)9(4)1-6(12)13;2*7-2-1-6-3(4(2)8)5(9)10;2*7-3-1-2-6-4(3)5(8)9/h2*7-9,11-12,15,18-19H,2-6,13H2,1H3,(H,16,17);2*4-5,7-8,10-11,14-15H,1-3H2,(H,12,13);2*2-4,6-8H,1H2,(H,9,10);2*3-4,6-7H,1-2H2,(H,8,9)/t7?,8-,9-,11-,12-;;4?,5?,7-,8?;4-,5-,7-,8-;2-,3+,4+;;3-,4-;/m1.011.0./s1. The molecule has 8 saturated heterocycles. The third-order valence-electron chi connectivity index (χ3n) is 18.7. The fraction of sp³-hybridized carbons (Fsp3) is 0.867. The Morgan fingerprint density at radius 1 is 0.321 bits per heavy atom. The van der Waals surface area contributed by atoms with Crippen LogP contribution in [0.2, 0.25) is 0 Å². The van der Waals surface area contributed by atoms with E-state index in [0.717, 1.165) is 25.7 Å². The van der Waals surface area contributed by atoms with E-state index in [1.165, 1.54) is 19.6 Å². The maximum absolute atomic E-state index is 10.9. The molecule has 46 nitrogen and oxygen atoms in total. The van der Waals surface area contributed by atoms with Crippen molar-refractivity contribution in [3.05, 3.63) is 0 Å². The molecule has 8 rings (SSSR count). The summed E-state index contributed by atoms with van der Waals surface area (Å²) in [7, 11) is 0. The van der Waals surface area contributed by atoms with Crippen LogP contribution in [0.15, 0.2) is 0 Å². The fourth-order valence-corrected chi connectivity index (χ4v) is 13.0. The van der Waals surface area contributed by atoms with E-state index in [1.54, 1.807) is 0 Å². The first-order valence-corrected chi connectivity index (χ1v) is 33.9. The number of rotatable bonds is 26. The number of nitrogens with one attached hydrogen (secondary N) is 4. The van der Waals surface area contributed by atoms with Crippen molar-refractivity contribution in [1.29, 1.82) is 0 Å². The molecule has 0 radical (unpaired) electrons. The van der Waals surface area contributed by atoms with E-state index in [0.29, 0.717) is 38.8 Å². The summed E-state index contributed by atoms with van der Waals surface area (Å²) in [4.78, 5) is 88.9. The van der Waals surface area contributed by atoms with Gasteiger partial charge in [-0.3, -0.25) is 68.6 Å². The lowest BCUT2D eigenvalue weighted by Gasteiger charge is -2.28. The molecular formula is C60H114N10O36. The molecule has 0 aliphatic carbocycles. The summed E-state index contributed by atoms with van der Waals surface area (Å²) in [6.07, 6.45) is -9.81. The first-order valence-electron chi connectivity index (χ1n) is 33.9. The molecule has 14 unspecified atom stereocenters. The van der Waals surface area contributed by atoms with Gasteiger partial charge in [0, 0.05) is 37.3 Å². The minimum absolute atomic E-state index is 0.0463. The average molecular weight is 1550 g/mol. The van der Waals surface area contributed by atoms with Crippen molar-refractivity contribution >= 4 is 47.8 Å². The van der Waals surface area contributed by atoms with Gasteiger partial charge in [-0.1, -0.05) is 12.8 Å². The number of hydrogen-bond donors (Lipinski definition) is 34. The average Bonchev–Trinajstić information content (AvgIpc) is 1.69. The Kier molecular flexibility index (Phi) is 45.5. The summed E-state index contributed by atoms with van der Waals surface area (Å²) >= 11 is 0. The van der Waals surface area contributed by atoms with E-state index >= 15 is 0 Å². The van der Waals surface area contributed by atoms with Gasteiger partial charge in [0.15, 0.2) is 0 Å². The molecule has 0 aromatic rings. The summed E-state index contributed by atoms with van der Waals surface area (Å²) < 4.78 is 0. The minimum Gasteiger partial charge on any atom is -0.480 e. The lowest BCUT2D eigenvalue weighted by atomic mass is 10.0. The lowest BCUT2D eigenvalue weighted by Crippen LogP contribution is -2.45. The quantitative estimate of drug-likeness (QED) is 0.0382. The second-order valence-corrected chi connectivity index (χ2v) is 26.5. The van der Waals surface area contributed by atoms with Crippen LogP contribution >= 0.6 is 0 Å². The monoisotopic (exact) mass is 1550 g/mol. The van der Waals surface area contributed by atoms with Crippen LogP contribution < -0.4 is 32.7 Å². The van der Waals surface area contributed by atoms with Crippen LogP contribution in [0.25, 0.3) is 0 Å². The van der Waals surface area contributed by atoms with Gasteiger partial charge in [0.25, 0.3) is 0 Å². The molecule has 8 heterocycles. The molecule has 106 heavy (non-hydrogen) atoms. The molecule has 28 atom stereocenters.